The van der Waals surface area contributed by atoms with Crippen molar-refractivity contribution in [2.45, 2.75) is 24.0 Å². The molecule has 4 rings (SSSR count). The summed E-state index contributed by atoms with van der Waals surface area (Å²) in [6.45, 7) is 2.09. The van der Waals surface area contributed by atoms with Crippen LogP contribution < -0.4 is 11.1 Å². The molecule has 0 aliphatic heterocycles. The molecule has 1 atom stereocenters. The molecule has 0 radical (unpaired) electrons. The number of rotatable bonds is 7. The van der Waals surface area contributed by atoms with E-state index in [2.05, 4.69) is 22.2 Å². The van der Waals surface area contributed by atoms with Crippen molar-refractivity contribution in [2.75, 3.05) is 23.9 Å². The number of thiophene rings is 1. The Hall–Kier alpha value is -2.68. The quantitative estimate of drug-likeness (QED) is 0.397. The third-order valence-electron chi connectivity index (χ3n) is 4.81. The van der Waals surface area contributed by atoms with E-state index in [0.29, 0.717) is 21.6 Å². The summed E-state index contributed by atoms with van der Waals surface area (Å²) in [6.07, 6.45) is 5.40. The molecule has 8 heteroatoms. The number of nitrogen functional groups attached to an aromatic ring is 1. The predicted molar refractivity (Wildman–Crippen MR) is 126 cm³/mol. The Bertz CT molecular complexity index is 1150. The van der Waals surface area contributed by atoms with Gasteiger partial charge in [0.2, 0.25) is 10.2 Å². The number of hydrogen-bond donors (Lipinski definition) is 2. The van der Waals surface area contributed by atoms with Gasteiger partial charge in [0.25, 0.3) is 0 Å². The molecular weight excluding hydrogens is 414 g/mol. The van der Waals surface area contributed by atoms with Gasteiger partial charge in [-0.25, -0.2) is 15.0 Å². The Labute approximate surface area is 182 Å². The van der Waals surface area contributed by atoms with Gasteiger partial charge in [-0.3, -0.25) is 0 Å². The highest BCUT2D eigenvalue weighted by Crippen LogP contribution is 2.43. The Balaban J connectivity index is 1.91. The number of benzene rings is 1. The molecule has 0 bridgehead atoms. The lowest BCUT2D eigenvalue weighted by molar-refractivity contribution is 0.594. The van der Waals surface area contributed by atoms with Crippen molar-refractivity contribution < 1.29 is 4.55 Å². The molecule has 3 N–H and O–H groups in total. The van der Waals surface area contributed by atoms with E-state index in [1.54, 1.807) is 19.4 Å². The summed E-state index contributed by atoms with van der Waals surface area (Å²) in [5.41, 5.74) is 10.7. The molecule has 0 spiro atoms. The average Bonchev–Trinajstić information content (AvgIpc) is 3.14. The van der Waals surface area contributed by atoms with Crippen LogP contribution in [0, 0.1) is 0 Å². The highest BCUT2D eigenvalue weighted by atomic mass is 32.2. The number of unbranched alkanes of at least 4 members (excludes halogenated alkanes) is 1. The first-order valence-electron chi connectivity index (χ1n) is 9.79. The van der Waals surface area contributed by atoms with E-state index in [1.807, 2.05) is 36.4 Å². The Morgan fingerprint density at radius 3 is 2.53 bits per heavy atom. The second-order valence-electron chi connectivity index (χ2n) is 6.85. The van der Waals surface area contributed by atoms with Gasteiger partial charge in [-0.15, -0.1) is 0 Å². The summed E-state index contributed by atoms with van der Waals surface area (Å²) in [5.74, 6) is 1.16. The molecule has 30 heavy (non-hydrogen) atoms. The number of pyridine rings is 1. The maximum Gasteiger partial charge on any atom is 0.232 e. The van der Waals surface area contributed by atoms with Crippen molar-refractivity contribution in [2.24, 2.45) is 0 Å². The van der Waals surface area contributed by atoms with Crippen LogP contribution in [0.3, 0.4) is 0 Å². The van der Waals surface area contributed by atoms with Crippen LogP contribution in [0.2, 0.25) is 0 Å². The lowest BCUT2D eigenvalue weighted by atomic mass is 10.0. The highest BCUT2D eigenvalue weighted by molar-refractivity contribution is 7.93. The second-order valence-corrected chi connectivity index (χ2v) is 9.62. The molecule has 0 fully saturated rings. The van der Waals surface area contributed by atoms with Gasteiger partial charge in [-0.05, 0) is 34.8 Å². The fourth-order valence-corrected chi connectivity index (χ4v) is 6.02. The van der Waals surface area contributed by atoms with Gasteiger partial charge in [0, 0.05) is 30.4 Å². The lowest BCUT2D eigenvalue weighted by Gasteiger charge is -2.09. The second kappa shape index (κ2) is 8.99. The Morgan fingerprint density at radius 1 is 1.13 bits per heavy atom. The first-order chi connectivity index (χ1) is 14.6. The van der Waals surface area contributed by atoms with Gasteiger partial charge in [0.05, 0.1) is 5.69 Å². The Kier molecular flexibility index (Phi) is 6.17. The first-order valence-corrected chi connectivity index (χ1v) is 11.9. The van der Waals surface area contributed by atoms with Crippen LogP contribution in [-0.4, -0.2) is 32.3 Å². The first kappa shape index (κ1) is 20.6. The van der Waals surface area contributed by atoms with E-state index < -0.39 is 11.2 Å². The van der Waals surface area contributed by atoms with Crippen LogP contribution in [0.15, 0.2) is 53.0 Å². The van der Waals surface area contributed by atoms with E-state index in [4.69, 9.17) is 10.7 Å². The van der Waals surface area contributed by atoms with Gasteiger partial charge < -0.3 is 15.6 Å². The van der Waals surface area contributed by atoms with Crippen molar-refractivity contribution in [3.8, 4) is 22.4 Å². The fraction of sp³-hybridized carbons (Fsp3) is 0.227. The summed E-state index contributed by atoms with van der Waals surface area (Å²) >= 11 is 0.291. The minimum Gasteiger partial charge on any atom is -0.611 e. The SMILES string of the molecule is CCCC[S@@+]([O-])c1sc2nc(-c3cnc(NC)nc3)cc(-c3ccccc3)c2c1N. The largest absolute Gasteiger partial charge is 0.611 e. The van der Waals surface area contributed by atoms with E-state index >= 15 is 0 Å². The molecule has 0 aliphatic rings. The van der Waals surface area contributed by atoms with Gasteiger partial charge in [0.15, 0.2) is 0 Å². The third-order valence-corrected chi connectivity index (χ3v) is 7.81. The number of nitrogens with one attached hydrogen (secondary N) is 1. The predicted octanol–water partition coefficient (Wildman–Crippen LogP) is 4.95. The maximum absolute atomic E-state index is 12.9. The van der Waals surface area contributed by atoms with Crippen LogP contribution in [0.25, 0.3) is 32.6 Å². The van der Waals surface area contributed by atoms with Crippen LogP contribution in [-0.2, 0) is 11.2 Å². The van der Waals surface area contributed by atoms with Crippen molar-refractivity contribution >= 4 is 44.4 Å². The van der Waals surface area contributed by atoms with Crippen molar-refractivity contribution in [1.29, 1.82) is 0 Å². The highest BCUT2D eigenvalue weighted by Gasteiger charge is 2.24. The van der Waals surface area contributed by atoms with Gasteiger partial charge >= 0.3 is 0 Å². The number of nitrogens with two attached hydrogens (primary N) is 1. The minimum atomic E-state index is -1.13. The molecule has 0 amide bonds. The van der Waals surface area contributed by atoms with Gasteiger partial charge in [-0.2, -0.15) is 0 Å². The molecule has 0 unspecified atom stereocenters. The molecule has 4 aromatic rings. The molecule has 1 aromatic carbocycles. The zero-order valence-electron chi connectivity index (χ0n) is 16.9. The van der Waals surface area contributed by atoms with E-state index in [-0.39, 0.29) is 0 Å². The van der Waals surface area contributed by atoms with Crippen LogP contribution in [0.4, 0.5) is 11.6 Å². The smallest absolute Gasteiger partial charge is 0.232 e. The summed E-state index contributed by atoms with van der Waals surface area (Å²) in [6, 6.07) is 12.1. The maximum atomic E-state index is 12.9. The summed E-state index contributed by atoms with van der Waals surface area (Å²) < 4.78 is 13.6. The summed E-state index contributed by atoms with van der Waals surface area (Å²) in [7, 11) is 1.78. The number of aromatic nitrogens is 3. The van der Waals surface area contributed by atoms with Crippen LogP contribution in [0.5, 0.6) is 0 Å². The molecule has 6 nitrogen and oxygen atoms in total. The lowest BCUT2D eigenvalue weighted by Crippen LogP contribution is -2.06. The number of anilines is 2. The minimum absolute atomic E-state index is 0.553. The van der Waals surface area contributed by atoms with Gasteiger partial charge in [0.1, 0.15) is 16.3 Å². The van der Waals surface area contributed by atoms with Crippen molar-refractivity contribution in [3.05, 3.63) is 48.8 Å². The zero-order valence-corrected chi connectivity index (χ0v) is 18.5. The van der Waals surface area contributed by atoms with Crippen LogP contribution >= 0.6 is 11.3 Å². The monoisotopic (exact) mass is 437 g/mol. The van der Waals surface area contributed by atoms with Crippen molar-refractivity contribution in [1.82, 2.24) is 15.0 Å². The molecule has 3 heterocycles. The zero-order chi connectivity index (χ0) is 21.1. The standard InChI is InChI=1S/C22H23N5OS2/c1-3-4-10-30(28)21-19(23)18-16(14-8-6-5-7-9-14)11-17(27-20(18)29-21)15-12-25-22(24-2)26-13-15/h5-9,11-13H,3-4,10,23H2,1-2H3,(H,24,25,26)/t30-/m1/s1. The Morgan fingerprint density at radius 2 is 1.87 bits per heavy atom. The van der Waals surface area contributed by atoms with E-state index in [9.17, 15) is 4.55 Å². The topological polar surface area (TPSA) is 99.8 Å². The summed E-state index contributed by atoms with van der Waals surface area (Å²) in [4.78, 5) is 14.2. The number of hydrogen-bond acceptors (Lipinski definition) is 7. The van der Waals surface area contributed by atoms with E-state index in [1.165, 1.54) is 11.3 Å². The molecular formula is C22H23N5OS2. The normalized spacial score (nSPS) is 12.2. The summed E-state index contributed by atoms with van der Waals surface area (Å²) in [5, 5.41) is 3.79. The molecule has 3 aromatic heterocycles. The molecule has 0 aliphatic carbocycles. The molecule has 154 valence electrons. The number of nitrogens with zero attached hydrogens (tertiary/aromatic N) is 3. The molecule has 0 saturated carbocycles. The van der Waals surface area contributed by atoms with Crippen molar-refractivity contribution in [3.63, 3.8) is 0 Å². The third kappa shape index (κ3) is 3.98. The molecule has 0 saturated heterocycles. The average molecular weight is 438 g/mol. The van der Waals surface area contributed by atoms with E-state index in [0.717, 1.165) is 45.4 Å². The van der Waals surface area contributed by atoms with Crippen LogP contribution in [0.1, 0.15) is 19.8 Å². The fourth-order valence-electron chi connectivity index (χ4n) is 3.22. The van der Waals surface area contributed by atoms with Gasteiger partial charge in [-0.1, -0.05) is 55.0 Å². The number of fused-ring (bicyclic) bond motifs is 1.